The Hall–Kier alpha value is -2.98. The van der Waals surface area contributed by atoms with Gasteiger partial charge in [-0.2, -0.15) is 0 Å². The van der Waals surface area contributed by atoms with E-state index in [1.807, 2.05) is 77.7 Å². The number of aromatic nitrogens is 1. The standard InChI is InChI=1S/C22H20N2O2/c25-22(24-11-13-26-14-12-24)19-15-20(17-7-3-1-4-8-17)23-21(16-19)18-9-5-2-6-10-18/h1-10,15-16H,11-14H2. The van der Waals surface area contributed by atoms with Gasteiger partial charge in [0.2, 0.25) is 0 Å². The molecule has 2 heterocycles. The van der Waals surface area contributed by atoms with E-state index in [4.69, 9.17) is 9.72 Å². The van der Waals surface area contributed by atoms with Gasteiger partial charge in [0.1, 0.15) is 0 Å². The van der Waals surface area contributed by atoms with Crippen molar-refractivity contribution in [1.29, 1.82) is 0 Å². The van der Waals surface area contributed by atoms with Gasteiger partial charge < -0.3 is 9.64 Å². The van der Waals surface area contributed by atoms with Crippen LogP contribution in [0.2, 0.25) is 0 Å². The number of ether oxygens (including phenoxy) is 1. The van der Waals surface area contributed by atoms with E-state index >= 15 is 0 Å². The maximum absolute atomic E-state index is 13.0. The summed E-state index contributed by atoms with van der Waals surface area (Å²) in [5.41, 5.74) is 4.29. The summed E-state index contributed by atoms with van der Waals surface area (Å²) in [4.78, 5) is 19.7. The number of carbonyl (C=O) groups excluding carboxylic acids is 1. The number of carbonyl (C=O) groups is 1. The monoisotopic (exact) mass is 344 g/mol. The van der Waals surface area contributed by atoms with Crippen molar-refractivity contribution >= 4 is 5.91 Å². The minimum atomic E-state index is 0.0325. The van der Waals surface area contributed by atoms with E-state index in [-0.39, 0.29) is 5.91 Å². The SMILES string of the molecule is O=C(c1cc(-c2ccccc2)nc(-c2ccccc2)c1)N1CCOCC1. The zero-order chi connectivity index (χ0) is 17.8. The smallest absolute Gasteiger partial charge is 0.254 e. The highest BCUT2D eigenvalue weighted by Gasteiger charge is 2.20. The number of benzene rings is 2. The lowest BCUT2D eigenvalue weighted by atomic mass is 10.0. The fourth-order valence-corrected chi connectivity index (χ4v) is 3.12. The topological polar surface area (TPSA) is 42.4 Å². The maximum Gasteiger partial charge on any atom is 0.254 e. The molecule has 130 valence electrons. The zero-order valence-corrected chi connectivity index (χ0v) is 14.5. The van der Waals surface area contributed by atoms with Crippen molar-refractivity contribution in [2.75, 3.05) is 26.3 Å². The summed E-state index contributed by atoms with van der Waals surface area (Å²) in [6.07, 6.45) is 0. The van der Waals surface area contributed by atoms with Crippen LogP contribution in [0.4, 0.5) is 0 Å². The minimum Gasteiger partial charge on any atom is -0.378 e. The summed E-state index contributed by atoms with van der Waals surface area (Å²) in [7, 11) is 0. The molecule has 1 aliphatic rings. The molecule has 1 aliphatic heterocycles. The van der Waals surface area contributed by atoms with Crippen LogP contribution < -0.4 is 0 Å². The quantitative estimate of drug-likeness (QED) is 0.724. The molecule has 4 heteroatoms. The Morgan fingerprint density at radius 1 is 0.808 bits per heavy atom. The molecule has 1 aromatic heterocycles. The second-order valence-electron chi connectivity index (χ2n) is 6.26. The number of hydrogen-bond donors (Lipinski definition) is 0. The van der Waals surface area contributed by atoms with Crippen LogP contribution in [-0.4, -0.2) is 42.1 Å². The third-order valence-corrected chi connectivity index (χ3v) is 4.51. The van der Waals surface area contributed by atoms with E-state index in [2.05, 4.69) is 0 Å². The fraction of sp³-hybridized carbons (Fsp3) is 0.182. The Morgan fingerprint density at radius 2 is 1.31 bits per heavy atom. The van der Waals surface area contributed by atoms with E-state index in [1.54, 1.807) is 0 Å². The van der Waals surface area contributed by atoms with Crippen molar-refractivity contribution in [1.82, 2.24) is 9.88 Å². The molecule has 0 spiro atoms. The predicted molar refractivity (Wildman–Crippen MR) is 102 cm³/mol. The van der Waals surface area contributed by atoms with Gasteiger partial charge in [-0.25, -0.2) is 4.98 Å². The van der Waals surface area contributed by atoms with Gasteiger partial charge in [-0.15, -0.1) is 0 Å². The van der Waals surface area contributed by atoms with Crippen LogP contribution in [0.5, 0.6) is 0 Å². The van der Waals surface area contributed by atoms with Crippen LogP contribution in [0.1, 0.15) is 10.4 Å². The Morgan fingerprint density at radius 3 is 1.81 bits per heavy atom. The molecule has 0 unspecified atom stereocenters. The highest BCUT2D eigenvalue weighted by Crippen LogP contribution is 2.25. The normalized spacial score (nSPS) is 14.2. The molecule has 2 aromatic carbocycles. The number of nitrogens with zero attached hydrogens (tertiary/aromatic N) is 2. The molecular weight excluding hydrogens is 324 g/mol. The molecule has 0 saturated carbocycles. The van der Waals surface area contributed by atoms with Crippen molar-refractivity contribution in [2.45, 2.75) is 0 Å². The van der Waals surface area contributed by atoms with Gasteiger partial charge in [0.15, 0.2) is 0 Å². The average Bonchev–Trinajstić information content (AvgIpc) is 2.75. The lowest BCUT2D eigenvalue weighted by Gasteiger charge is -2.27. The zero-order valence-electron chi connectivity index (χ0n) is 14.5. The number of amides is 1. The third-order valence-electron chi connectivity index (χ3n) is 4.51. The molecule has 0 aliphatic carbocycles. The van der Waals surface area contributed by atoms with Crippen LogP contribution >= 0.6 is 0 Å². The van der Waals surface area contributed by atoms with Crippen LogP contribution in [0.25, 0.3) is 22.5 Å². The Kier molecular flexibility index (Phi) is 4.75. The van der Waals surface area contributed by atoms with Crippen LogP contribution in [-0.2, 0) is 4.74 Å². The average molecular weight is 344 g/mol. The Balaban J connectivity index is 1.79. The predicted octanol–water partition coefficient (Wildman–Crippen LogP) is 3.89. The summed E-state index contributed by atoms with van der Waals surface area (Å²) < 4.78 is 5.37. The first-order valence-corrected chi connectivity index (χ1v) is 8.81. The van der Waals surface area contributed by atoms with Crippen LogP contribution in [0.15, 0.2) is 72.8 Å². The fourth-order valence-electron chi connectivity index (χ4n) is 3.12. The molecule has 3 aromatic rings. The first-order chi connectivity index (χ1) is 12.8. The van der Waals surface area contributed by atoms with E-state index in [9.17, 15) is 4.79 Å². The number of morpholine rings is 1. The maximum atomic E-state index is 13.0. The molecule has 0 bridgehead atoms. The highest BCUT2D eigenvalue weighted by molar-refractivity contribution is 5.96. The molecule has 4 rings (SSSR count). The molecule has 1 amide bonds. The molecule has 1 saturated heterocycles. The van der Waals surface area contributed by atoms with Crippen LogP contribution in [0, 0.1) is 0 Å². The van der Waals surface area contributed by atoms with Gasteiger partial charge in [-0.1, -0.05) is 60.7 Å². The molecule has 4 nitrogen and oxygen atoms in total. The molecular formula is C22H20N2O2. The lowest BCUT2D eigenvalue weighted by molar-refractivity contribution is 0.0303. The molecule has 1 fully saturated rings. The third kappa shape index (κ3) is 3.51. The van der Waals surface area contributed by atoms with Crippen LogP contribution in [0.3, 0.4) is 0 Å². The largest absolute Gasteiger partial charge is 0.378 e. The number of hydrogen-bond acceptors (Lipinski definition) is 3. The molecule has 26 heavy (non-hydrogen) atoms. The van der Waals surface area contributed by atoms with Gasteiger partial charge >= 0.3 is 0 Å². The lowest BCUT2D eigenvalue weighted by Crippen LogP contribution is -2.40. The Labute approximate surface area is 153 Å². The Bertz CT molecular complexity index is 831. The van der Waals surface area contributed by atoms with Gasteiger partial charge in [-0.3, -0.25) is 4.79 Å². The first kappa shape index (κ1) is 16.5. The summed E-state index contributed by atoms with van der Waals surface area (Å²) >= 11 is 0. The van der Waals surface area contributed by atoms with Crippen molar-refractivity contribution in [3.63, 3.8) is 0 Å². The minimum absolute atomic E-state index is 0.0325. The van der Waals surface area contributed by atoms with E-state index in [0.717, 1.165) is 22.5 Å². The van der Waals surface area contributed by atoms with Gasteiger partial charge in [-0.05, 0) is 12.1 Å². The molecule has 0 N–H and O–H groups in total. The summed E-state index contributed by atoms with van der Waals surface area (Å²) in [5.74, 6) is 0.0325. The summed E-state index contributed by atoms with van der Waals surface area (Å²) in [5, 5.41) is 0. The van der Waals surface area contributed by atoms with E-state index in [1.165, 1.54) is 0 Å². The number of rotatable bonds is 3. The van der Waals surface area contributed by atoms with Crippen molar-refractivity contribution in [3.05, 3.63) is 78.4 Å². The van der Waals surface area contributed by atoms with Gasteiger partial charge in [0, 0.05) is 29.8 Å². The first-order valence-electron chi connectivity index (χ1n) is 8.81. The molecule has 0 atom stereocenters. The van der Waals surface area contributed by atoms with Crippen molar-refractivity contribution in [3.8, 4) is 22.5 Å². The van der Waals surface area contributed by atoms with Gasteiger partial charge in [0.05, 0.1) is 24.6 Å². The van der Waals surface area contributed by atoms with E-state index < -0.39 is 0 Å². The molecule has 0 radical (unpaired) electrons. The van der Waals surface area contributed by atoms with Gasteiger partial charge in [0.25, 0.3) is 5.91 Å². The van der Waals surface area contributed by atoms with Crippen molar-refractivity contribution < 1.29 is 9.53 Å². The second-order valence-corrected chi connectivity index (χ2v) is 6.26. The second kappa shape index (κ2) is 7.50. The van der Waals surface area contributed by atoms with Crippen molar-refractivity contribution in [2.24, 2.45) is 0 Å². The summed E-state index contributed by atoms with van der Waals surface area (Å²) in [6.45, 7) is 2.44. The summed E-state index contributed by atoms with van der Waals surface area (Å²) in [6, 6.07) is 23.7. The van der Waals surface area contributed by atoms with E-state index in [0.29, 0.717) is 31.9 Å². The number of pyridine rings is 1. The highest BCUT2D eigenvalue weighted by atomic mass is 16.5.